The molecule has 18 atom stereocenters. The molecule has 0 radical (unpaired) electrons. The number of nitrogens with zero attached hydrogens (tertiary/aromatic N) is 3. The molecule has 0 aromatic carbocycles. The lowest BCUT2D eigenvalue weighted by Gasteiger charge is -2.54. The minimum absolute atomic E-state index is 0.0153. The highest BCUT2D eigenvalue weighted by Crippen LogP contribution is 2.44. The number of pyridine rings is 2. The number of cyclic esters (lactones) is 1. The van der Waals surface area contributed by atoms with Gasteiger partial charge in [0.15, 0.2) is 18.7 Å². The predicted molar refractivity (Wildman–Crippen MR) is 263 cm³/mol. The van der Waals surface area contributed by atoms with Crippen molar-refractivity contribution in [2.24, 2.45) is 17.8 Å². The molecule has 0 spiro atoms. The fourth-order valence-electron chi connectivity index (χ4n) is 10.6. The molecule has 3 aliphatic heterocycles. The summed E-state index contributed by atoms with van der Waals surface area (Å²) in [4.78, 5) is 25.6. The third-order valence-corrected chi connectivity index (χ3v) is 15.3. The molecule has 17 nitrogen and oxygen atoms in total. The summed E-state index contributed by atoms with van der Waals surface area (Å²) < 4.78 is 46.3. The highest BCUT2D eigenvalue weighted by molar-refractivity contribution is 6.30. The predicted octanol–water partition coefficient (Wildman–Crippen LogP) is 5.69. The summed E-state index contributed by atoms with van der Waals surface area (Å²) in [5.74, 6) is -1.93. The van der Waals surface area contributed by atoms with E-state index in [4.69, 9.17) is 56.4 Å². The molecule has 2 aromatic heterocycles. The Balaban J connectivity index is 1.59. The summed E-state index contributed by atoms with van der Waals surface area (Å²) in [6.45, 7) is 20.7. The van der Waals surface area contributed by atoms with Gasteiger partial charge >= 0.3 is 5.97 Å². The molecule has 2 aromatic rings. The van der Waals surface area contributed by atoms with Crippen LogP contribution < -0.4 is 20.3 Å². The van der Waals surface area contributed by atoms with Crippen molar-refractivity contribution in [2.45, 2.75) is 198 Å². The third kappa shape index (κ3) is 13.4. The molecular weight excluding hydrogens is 933 g/mol. The molecule has 392 valence electrons. The minimum atomic E-state index is -1.86. The van der Waals surface area contributed by atoms with E-state index in [1.54, 1.807) is 72.0 Å². The second-order valence-corrected chi connectivity index (χ2v) is 21.4. The summed E-state index contributed by atoms with van der Waals surface area (Å²) in [6.07, 6.45) is -4.02. The van der Waals surface area contributed by atoms with E-state index in [-0.39, 0.29) is 43.9 Å². The minimum Gasteiger partial charge on any atom is -0.467 e. The average Bonchev–Trinajstić information content (AvgIpc) is 3.30. The van der Waals surface area contributed by atoms with Crippen LogP contribution in [0.25, 0.3) is 0 Å². The van der Waals surface area contributed by atoms with Gasteiger partial charge in [-0.3, -0.25) is 4.79 Å². The van der Waals surface area contributed by atoms with Gasteiger partial charge in [-0.1, -0.05) is 50.9 Å². The van der Waals surface area contributed by atoms with Crippen molar-refractivity contribution < 1.29 is 58.4 Å². The van der Waals surface area contributed by atoms with Crippen molar-refractivity contribution in [1.82, 2.24) is 20.6 Å². The van der Waals surface area contributed by atoms with Crippen molar-refractivity contribution in [1.29, 1.82) is 0 Å². The number of halogens is 2. The number of aliphatic hydroxyl groups is 4. The zero-order valence-electron chi connectivity index (χ0n) is 42.9. The number of carbonyl (C=O) groups excluding carboxylic acids is 1. The summed E-state index contributed by atoms with van der Waals surface area (Å²) in [6, 6.07) is 5.98. The Hall–Kier alpha value is -2.49. The number of methoxy groups -OCH3 is 1. The quantitative estimate of drug-likeness (QED) is 0.125. The summed E-state index contributed by atoms with van der Waals surface area (Å²) in [5, 5.41) is 56.8. The maximum atomic E-state index is 14.7. The Labute approximate surface area is 419 Å². The Bertz CT molecular complexity index is 1920. The first-order valence-corrected chi connectivity index (χ1v) is 25.4. The fourth-order valence-corrected chi connectivity index (χ4v) is 10.8. The summed E-state index contributed by atoms with van der Waals surface area (Å²) in [7, 11) is 3.36. The molecule has 0 unspecified atom stereocenters. The van der Waals surface area contributed by atoms with Crippen LogP contribution >= 0.6 is 23.2 Å². The highest BCUT2D eigenvalue weighted by Gasteiger charge is 2.59. The summed E-state index contributed by atoms with van der Waals surface area (Å²) in [5.41, 5.74) is -6.38. The Morgan fingerprint density at radius 1 is 0.928 bits per heavy atom. The van der Waals surface area contributed by atoms with Gasteiger partial charge < -0.3 is 69.1 Å². The van der Waals surface area contributed by atoms with Crippen LogP contribution in [0.1, 0.15) is 108 Å². The van der Waals surface area contributed by atoms with Gasteiger partial charge in [-0.15, -0.1) is 0 Å². The number of rotatable bonds is 14. The molecule has 0 bridgehead atoms. The second kappa shape index (κ2) is 24.0. The zero-order chi connectivity index (χ0) is 51.2. The molecule has 0 saturated carbocycles. The zero-order valence-corrected chi connectivity index (χ0v) is 44.4. The third-order valence-electron chi connectivity index (χ3n) is 14.8. The van der Waals surface area contributed by atoms with E-state index in [1.807, 2.05) is 39.6 Å². The van der Waals surface area contributed by atoms with Gasteiger partial charge in [0.2, 0.25) is 5.88 Å². The van der Waals surface area contributed by atoms with Gasteiger partial charge in [-0.2, -0.15) is 0 Å². The molecule has 3 saturated heterocycles. The molecule has 3 aliphatic rings. The van der Waals surface area contributed by atoms with E-state index >= 15 is 0 Å². The maximum Gasteiger partial charge on any atom is 0.311 e. The fraction of sp³-hybridized carbons (Fsp3) is 0.780. The van der Waals surface area contributed by atoms with Crippen LogP contribution in [0.5, 0.6) is 5.88 Å². The van der Waals surface area contributed by atoms with Gasteiger partial charge in [0.1, 0.15) is 34.8 Å². The molecule has 0 aliphatic carbocycles. The van der Waals surface area contributed by atoms with E-state index in [1.165, 1.54) is 20.2 Å². The van der Waals surface area contributed by atoms with Crippen LogP contribution in [0, 0.1) is 17.8 Å². The van der Waals surface area contributed by atoms with Crippen molar-refractivity contribution in [3.05, 3.63) is 46.7 Å². The molecule has 6 N–H and O–H groups in total. The molecule has 5 heterocycles. The molecular formula is C50H81Cl2N5O12. The Kier molecular flexibility index (Phi) is 20.0. The number of likely N-dealkylation sites (N-methyl/N-ethyl adjacent to an activating group) is 1. The number of carbonyl (C=O) groups is 1. The lowest BCUT2D eigenvalue weighted by molar-refractivity contribution is -0.334. The van der Waals surface area contributed by atoms with Crippen LogP contribution in [0.4, 0.5) is 5.82 Å². The topological polar surface area (TPSA) is 216 Å². The van der Waals surface area contributed by atoms with Crippen LogP contribution in [-0.4, -0.2) is 160 Å². The highest BCUT2D eigenvalue weighted by atomic mass is 35.5. The van der Waals surface area contributed by atoms with Crippen molar-refractivity contribution >= 4 is 35.0 Å². The number of ether oxygens (including phenoxy) is 7. The van der Waals surface area contributed by atoms with Crippen molar-refractivity contribution in [3.63, 3.8) is 0 Å². The van der Waals surface area contributed by atoms with Crippen LogP contribution in [0.15, 0.2) is 36.7 Å². The van der Waals surface area contributed by atoms with Crippen LogP contribution in [0.2, 0.25) is 10.0 Å². The number of anilines is 1. The SMILES string of the molecule is CCCN(C[C@]1(O)[C@H](C)O[C@@H](O[C@H]2[C@H](C)[C@@H](O[C@@H]3O[C@H](C)C[C@H](NC)[C@H]3Oc3ccc(Cl)cn3)[C@](C)(O)C[C@@H](C)CN[C@H](C)[C@@H](O)[C@](C)(O)[C@@H](CC)OC(=O)[C@@H]2C)C[C@@]1(C)OC)c1ccc(Cl)cn1. The molecule has 19 heteroatoms. The lowest BCUT2D eigenvalue weighted by Crippen LogP contribution is -2.70. The number of nitrogens with one attached hydrogen (secondary N) is 2. The number of hydrogen-bond acceptors (Lipinski definition) is 17. The van der Waals surface area contributed by atoms with Crippen molar-refractivity contribution in [2.75, 3.05) is 38.7 Å². The average molecular weight is 1020 g/mol. The molecule has 0 amide bonds. The number of aliphatic hydroxyl groups excluding tert-OH is 1. The molecule has 3 fully saturated rings. The van der Waals surface area contributed by atoms with Crippen LogP contribution in [0.3, 0.4) is 0 Å². The van der Waals surface area contributed by atoms with E-state index in [0.717, 1.165) is 6.42 Å². The van der Waals surface area contributed by atoms with Gasteiger partial charge in [0.25, 0.3) is 0 Å². The van der Waals surface area contributed by atoms with Gasteiger partial charge in [0, 0.05) is 50.5 Å². The largest absolute Gasteiger partial charge is 0.467 e. The maximum absolute atomic E-state index is 14.7. The van der Waals surface area contributed by atoms with Crippen molar-refractivity contribution in [3.8, 4) is 5.88 Å². The standard InChI is InChI=1S/C50H81Cl2N5O12/c1-14-20-57(38-18-16-34(51)25-55-38)27-50(62)33(8)65-40(23-48(50,10)63-13)68-41-30(5)44(69-46-42(36(53-12)21-29(4)64-46)67-39-19-17-35(52)26-56-39)47(9,60)22-28(3)24-54-32(7)43(58)49(11,61)37(15-2)66-45(59)31(41)6/h16-19,25-26,28-33,36-37,40-44,46,53-54,58,60-62H,14-15,20-24,27H2,1-13H3/t28-,29-,30+,31-,32-,33+,36+,37-,40+,41+,42-,43-,44-,46+,47-,48-,49-,50+/m1/s1. The van der Waals surface area contributed by atoms with Gasteiger partial charge in [-0.25, -0.2) is 9.97 Å². The first-order chi connectivity index (χ1) is 32.3. The van der Waals surface area contributed by atoms with E-state index < -0.39 is 95.5 Å². The molecule has 5 rings (SSSR count). The Morgan fingerprint density at radius 2 is 1.59 bits per heavy atom. The molecule has 69 heavy (non-hydrogen) atoms. The second-order valence-electron chi connectivity index (χ2n) is 20.5. The van der Waals surface area contributed by atoms with E-state index in [9.17, 15) is 25.2 Å². The van der Waals surface area contributed by atoms with E-state index in [2.05, 4.69) is 20.6 Å². The lowest BCUT2D eigenvalue weighted by atomic mass is 9.74. The first kappa shape index (κ1) is 57.4. The number of esters is 1. The van der Waals surface area contributed by atoms with Gasteiger partial charge in [0.05, 0.1) is 58.6 Å². The van der Waals surface area contributed by atoms with Crippen LogP contribution in [-0.2, 0) is 33.2 Å². The first-order valence-electron chi connectivity index (χ1n) is 24.6. The number of hydrogen-bond donors (Lipinski definition) is 6. The smallest absolute Gasteiger partial charge is 0.311 e. The summed E-state index contributed by atoms with van der Waals surface area (Å²) >= 11 is 12.4. The number of aromatic nitrogens is 2. The van der Waals surface area contributed by atoms with Gasteiger partial charge in [-0.05, 0) is 112 Å². The normalized spacial score (nSPS) is 40.8. The monoisotopic (exact) mass is 1010 g/mol. The Morgan fingerprint density at radius 3 is 2.17 bits per heavy atom. The van der Waals surface area contributed by atoms with E-state index in [0.29, 0.717) is 41.3 Å².